The van der Waals surface area contributed by atoms with Gasteiger partial charge in [-0.15, -0.1) is 0 Å². The highest BCUT2D eigenvalue weighted by molar-refractivity contribution is 6.06. The van der Waals surface area contributed by atoms with Crippen LogP contribution in [0.15, 0.2) is 39.2 Å². The van der Waals surface area contributed by atoms with Crippen LogP contribution in [0.5, 0.6) is 0 Å². The molecule has 2 aliphatic rings. The van der Waals surface area contributed by atoms with E-state index in [0.717, 1.165) is 38.3 Å². The quantitative estimate of drug-likeness (QED) is 0.733. The Labute approximate surface area is 143 Å². The molecule has 1 spiro atoms. The minimum absolute atomic E-state index is 0.167. The molecule has 0 saturated heterocycles. The molecular weight excluding hydrogens is 323 g/mol. The second kappa shape index (κ2) is 5.58. The summed E-state index contributed by atoms with van der Waals surface area (Å²) in [6.07, 6.45) is 5.79. The number of H-pyrrole nitrogens is 1. The Morgan fingerprint density at radius 3 is 2.68 bits per heavy atom. The number of halogens is 1. The van der Waals surface area contributed by atoms with Gasteiger partial charge in [-0.25, -0.2) is 9.38 Å². The molecule has 0 unspecified atom stereocenters. The molecule has 0 atom stereocenters. The molecule has 2 aromatic rings. The average Bonchev–Trinajstić information content (AvgIpc) is 2.58. The van der Waals surface area contributed by atoms with E-state index in [-0.39, 0.29) is 28.3 Å². The minimum atomic E-state index is -0.595. The van der Waals surface area contributed by atoms with Crippen LogP contribution in [0.25, 0.3) is 10.8 Å². The molecule has 0 bridgehead atoms. The third-order valence-electron chi connectivity index (χ3n) is 4.94. The lowest BCUT2D eigenvalue weighted by Crippen LogP contribution is -2.58. The number of anilines is 1. The third kappa shape index (κ3) is 2.45. The maximum atomic E-state index is 13.9. The second-order valence-electron chi connectivity index (χ2n) is 6.51. The van der Waals surface area contributed by atoms with Crippen LogP contribution in [-0.2, 0) is 0 Å². The van der Waals surface area contributed by atoms with E-state index >= 15 is 0 Å². The van der Waals surface area contributed by atoms with Crippen molar-refractivity contribution in [3.05, 3.63) is 40.6 Å². The summed E-state index contributed by atoms with van der Waals surface area (Å²) in [5.74, 6) is -0.0713. The number of hydrogen-bond acceptors (Lipinski definition) is 6. The van der Waals surface area contributed by atoms with E-state index in [0.29, 0.717) is 5.69 Å². The number of pyridine rings is 1. The van der Waals surface area contributed by atoms with E-state index < -0.39 is 11.5 Å². The zero-order valence-electron chi connectivity index (χ0n) is 13.6. The van der Waals surface area contributed by atoms with Crippen LogP contribution in [0, 0.1) is 5.82 Å². The molecule has 8 heteroatoms. The molecule has 2 heterocycles. The minimum Gasteiger partial charge on any atom is -0.369 e. The highest BCUT2D eigenvalue weighted by atomic mass is 19.1. The average molecular weight is 342 g/mol. The van der Waals surface area contributed by atoms with Crippen molar-refractivity contribution in [2.75, 3.05) is 4.90 Å². The molecule has 0 radical (unpaired) electrons. The van der Waals surface area contributed by atoms with Gasteiger partial charge in [0.2, 0.25) is 11.9 Å². The van der Waals surface area contributed by atoms with Gasteiger partial charge in [-0.1, -0.05) is 6.42 Å². The molecule has 0 amide bonds. The first-order valence-electron chi connectivity index (χ1n) is 8.31. The fourth-order valence-electron chi connectivity index (χ4n) is 3.85. The molecule has 1 saturated carbocycles. The summed E-state index contributed by atoms with van der Waals surface area (Å²) in [6, 6.07) is 4.95. The Bertz CT molecular complexity index is 957. The van der Waals surface area contributed by atoms with Crippen LogP contribution < -0.4 is 21.9 Å². The Hall–Kier alpha value is -2.90. The van der Waals surface area contributed by atoms with Gasteiger partial charge >= 0.3 is 0 Å². The molecule has 4 rings (SSSR count). The van der Waals surface area contributed by atoms with Gasteiger partial charge in [0.1, 0.15) is 11.5 Å². The van der Waals surface area contributed by atoms with Crippen molar-refractivity contribution in [2.24, 2.45) is 21.5 Å². The summed E-state index contributed by atoms with van der Waals surface area (Å²) < 4.78 is 13.9. The van der Waals surface area contributed by atoms with E-state index in [1.54, 1.807) is 18.2 Å². The standard InChI is InChI=1S/C17H19FN6O/c18-13-9-21-14(25)12-8-10(4-5-11(12)13)24-16(20)22-15(19)23-17(24)6-2-1-3-7-17/h4-5,8-9H,1-3,6-7H2,(H,21,25)(H4,19,20,22,23). The van der Waals surface area contributed by atoms with Gasteiger partial charge in [-0.2, -0.15) is 4.99 Å². The molecule has 25 heavy (non-hydrogen) atoms. The summed E-state index contributed by atoms with van der Waals surface area (Å²) in [7, 11) is 0. The predicted octanol–water partition coefficient (Wildman–Crippen LogP) is 1.78. The van der Waals surface area contributed by atoms with Gasteiger partial charge in [0.25, 0.3) is 5.56 Å². The number of fused-ring (bicyclic) bond motifs is 1. The Kier molecular flexibility index (Phi) is 3.48. The highest BCUT2D eigenvalue weighted by Gasteiger charge is 2.42. The number of nitrogens with zero attached hydrogens (tertiary/aromatic N) is 3. The number of nitrogens with one attached hydrogen (secondary N) is 1. The van der Waals surface area contributed by atoms with Crippen LogP contribution in [0.2, 0.25) is 0 Å². The maximum Gasteiger partial charge on any atom is 0.256 e. The first-order chi connectivity index (χ1) is 12.0. The van der Waals surface area contributed by atoms with Crippen molar-refractivity contribution in [2.45, 2.75) is 37.8 Å². The molecule has 1 aromatic carbocycles. The van der Waals surface area contributed by atoms with Gasteiger partial charge in [0.05, 0.1) is 5.39 Å². The maximum absolute atomic E-state index is 13.9. The van der Waals surface area contributed by atoms with Gasteiger partial charge in [-0.3, -0.25) is 9.69 Å². The number of hydrogen-bond donors (Lipinski definition) is 3. The second-order valence-corrected chi connectivity index (χ2v) is 6.51. The summed E-state index contributed by atoms with van der Waals surface area (Å²) in [4.78, 5) is 25.0. The zero-order chi connectivity index (χ0) is 17.6. The Morgan fingerprint density at radius 2 is 1.92 bits per heavy atom. The van der Waals surface area contributed by atoms with Crippen LogP contribution >= 0.6 is 0 Å². The first-order valence-corrected chi connectivity index (χ1v) is 8.31. The molecule has 1 aliphatic carbocycles. The van der Waals surface area contributed by atoms with Crippen LogP contribution in [0.1, 0.15) is 32.1 Å². The van der Waals surface area contributed by atoms with E-state index in [9.17, 15) is 9.18 Å². The number of aromatic nitrogens is 1. The van der Waals surface area contributed by atoms with Gasteiger partial charge in [0, 0.05) is 17.3 Å². The fraction of sp³-hybridized carbons (Fsp3) is 0.353. The number of aliphatic imine (C=N–C) groups is 2. The van der Waals surface area contributed by atoms with Gasteiger partial charge in [0.15, 0.2) is 0 Å². The lowest BCUT2D eigenvalue weighted by atomic mass is 9.87. The first kappa shape index (κ1) is 15.6. The van der Waals surface area contributed by atoms with Crippen LogP contribution in [0.4, 0.5) is 10.1 Å². The largest absolute Gasteiger partial charge is 0.369 e. The summed E-state index contributed by atoms with van der Waals surface area (Å²) in [5.41, 5.74) is 11.7. The third-order valence-corrected chi connectivity index (χ3v) is 4.94. The van der Waals surface area contributed by atoms with Gasteiger partial charge in [-0.05, 0) is 43.9 Å². The van der Waals surface area contributed by atoms with Crippen molar-refractivity contribution in [3.63, 3.8) is 0 Å². The SMILES string of the molecule is NC1=NC2(CCCCC2)N(c2ccc3c(F)c[nH]c(=O)c3c2)C(N)=N1. The number of benzene rings is 1. The molecule has 1 aliphatic heterocycles. The number of rotatable bonds is 1. The molecule has 1 aromatic heterocycles. The van der Waals surface area contributed by atoms with Crippen molar-refractivity contribution in [1.82, 2.24) is 4.98 Å². The van der Waals surface area contributed by atoms with Crippen molar-refractivity contribution in [3.8, 4) is 0 Å². The van der Waals surface area contributed by atoms with Crippen molar-refractivity contribution >= 4 is 28.4 Å². The number of aromatic amines is 1. The normalized spacial score (nSPS) is 19.8. The van der Waals surface area contributed by atoms with E-state index in [1.165, 1.54) is 0 Å². The smallest absolute Gasteiger partial charge is 0.256 e. The van der Waals surface area contributed by atoms with E-state index in [1.807, 2.05) is 4.90 Å². The molecule has 5 N–H and O–H groups in total. The molecule has 1 fully saturated rings. The topological polar surface area (TPSA) is 113 Å². The Morgan fingerprint density at radius 1 is 1.16 bits per heavy atom. The summed E-state index contributed by atoms with van der Waals surface area (Å²) in [6.45, 7) is 0. The van der Waals surface area contributed by atoms with E-state index in [2.05, 4.69) is 15.0 Å². The molecular formula is C17H19FN6O. The van der Waals surface area contributed by atoms with Gasteiger partial charge < -0.3 is 16.5 Å². The van der Waals surface area contributed by atoms with Crippen LogP contribution in [-0.4, -0.2) is 22.6 Å². The Balaban J connectivity index is 1.89. The van der Waals surface area contributed by atoms with E-state index in [4.69, 9.17) is 11.5 Å². The predicted molar refractivity (Wildman–Crippen MR) is 96.1 cm³/mol. The van der Waals surface area contributed by atoms with Crippen molar-refractivity contribution in [1.29, 1.82) is 0 Å². The van der Waals surface area contributed by atoms with Crippen LogP contribution in [0.3, 0.4) is 0 Å². The number of nitrogens with two attached hydrogens (primary N) is 2. The lowest BCUT2D eigenvalue weighted by Gasteiger charge is -2.45. The summed E-state index contributed by atoms with van der Waals surface area (Å²) in [5, 5.41) is 0.527. The number of guanidine groups is 2. The zero-order valence-corrected chi connectivity index (χ0v) is 13.6. The monoisotopic (exact) mass is 342 g/mol. The lowest BCUT2D eigenvalue weighted by molar-refractivity contribution is 0.305. The molecule has 130 valence electrons. The summed E-state index contributed by atoms with van der Waals surface area (Å²) >= 11 is 0. The van der Waals surface area contributed by atoms with Crippen molar-refractivity contribution < 1.29 is 4.39 Å². The fourth-order valence-corrected chi connectivity index (χ4v) is 3.85. The highest BCUT2D eigenvalue weighted by Crippen LogP contribution is 2.39. The molecule has 7 nitrogen and oxygen atoms in total.